The Kier molecular flexibility index (Phi) is 8.16. The maximum Gasteiger partial charge on any atom is 0.406 e. The van der Waals surface area contributed by atoms with Crippen molar-refractivity contribution in [2.45, 2.75) is 135 Å². The average molecular weight is 464 g/mol. The second-order valence-corrected chi connectivity index (χ2v) is 13.6. The molecule has 9 heteroatoms. The van der Waals surface area contributed by atoms with Crippen molar-refractivity contribution in [1.82, 2.24) is 15.2 Å². The largest absolute Gasteiger partial charge is 0.406 e. The molecule has 2 aliphatic rings. The lowest BCUT2D eigenvalue weighted by Gasteiger charge is -2.52. The van der Waals surface area contributed by atoms with Crippen LogP contribution in [0.15, 0.2) is 0 Å². The van der Waals surface area contributed by atoms with Gasteiger partial charge in [0.2, 0.25) is 0 Å². The molecule has 31 heavy (non-hydrogen) atoms. The molecule has 0 amide bonds. The van der Waals surface area contributed by atoms with Crippen LogP contribution in [-0.4, -0.2) is 61.4 Å². The van der Waals surface area contributed by atoms with Gasteiger partial charge in [-0.25, -0.2) is 9.65 Å². The highest BCUT2D eigenvalue weighted by atomic mass is 31.2. The molecule has 184 valence electrons. The van der Waals surface area contributed by atoms with Crippen molar-refractivity contribution in [2.75, 3.05) is 6.54 Å². The molecule has 0 aliphatic carbocycles. The second kappa shape index (κ2) is 9.30. The van der Waals surface area contributed by atoms with Gasteiger partial charge in [-0.2, -0.15) is 10.1 Å². The fraction of sp³-hybridized carbons (Fsp3) is 1.00. The number of unbranched alkanes of at least 4 members (excludes halogenated alkanes) is 1. The zero-order chi connectivity index (χ0) is 23.9. The lowest BCUT2D eigenvalue weighted by molar-refractivity contribution is -0.258. The summed E-state index contributed by atoms with van der Waals surface area (Å²) in [4.78, 5) is 0. The van der Waals surface area contributed by atoms with E-state index in [1.54, 1.807) is 0 Å². The van der Waals surface area contributed by atoms with Gasteiger partial charge in [0.15, 0.2) is 0 Å². The Balaban J connectivity index is 2.21. The molecule has 0 radical (unpaired) electrons. The van der Waals surface area contributed by atoms with Crippen LogP contribution in [0.4, 0.5) is 0 Å². The first-order valence-electron chi connectivity index (χ1n) is 11.6. The molecule has 0 aromatic rings. The topological polar surface area (TPSA) is 94.5 Å². The quantitative estimate of drug-likeness (QED) is 0.328. The summed E-state index contributed by atoms with van der Waals surface area (Å²) in [5, 5.41) is 27.0. The zero-order valence-corrected chi connectivity index (χ0v) is 22.0. The highest BCUT2D eigenvalue weighted by molar-refractivity contribution is 7.51. The highest BCUT2D eigenvalue weighted by Crippen LogP contribution is 2.53. The van der Waals surface area contributed by atoms with Crippen LogP contribution in [-0.2, 0) is 13.6 Å². The van der Waals surface area contributed by atoms with Crippen molar-refractivity contribution in [3.63, 3.8) is 0 Å². The highest BCUT2D eigenvalue weighted by Gasteiger charge is 2.50. The van der Waals surface area contributed by atoms with E-state index in [1.807, 2.05) is 55.4 Å². The van der Waals surface area contributed by atoms with Gasteiger partial charge in [0.25, 0.3) is 0 Å². The molecule has 2 rings (SSSR count). The minimum Gasteiger partial charge on any atom is -0.313 e. The number of nitrogens with zero attached hydrogens (tertiary/aromatic N) is 2. The molecular weight excluding hydrogens is 417 g/mol. The Labute approximate surface area is 189 Å². The zero-order valence-electron chi connectivity index (χ0n) is 21.1. The van der Waals surface area contributed by atoms with Crippen LogP contribution < -0.4 is 5.09 Å². The molecule has 0 spiro atoms. The van der Waals surface area contributed by atoms with E-state index in [2.05, 4.69) is 12.0 Å². The Bertz CT molecular complexity index is 584. The van der Waals surface area contributed by atoms with Gasteiger partial charge < -0.3 is 10.4 Å². The van der Waals surface area contributed by atoms with Gasteiger partial charge in [0.1, 0.15) is 0 Å². The van der Waals surface area contributed by atoms with Crippen LogP contribution in [0.3, 0.4) is 0 Å². The SMILES string of the molecule is CCCCNP(=O)(OC1CC(C)(C)N(O)C(C)(C)C1)OC1CC(C)(C)N(O)C(C)(C)C1. The minimum absolute atomic E-state index is 0.313. The molecule has 0 atom stereocenters. The Hall–Kier alpha value is -0.0500. The number of hydroxylamine groups is 4. The van der Waals surface area contributed by atoms with E-state index in [1.165, 1.54) is 10.1 Å². The molecular formula is C22H46N3O5P. The van der Waals surface area contributed by atoms with Crippen LogP contribution in [0, 0.1) is 0 Å². The Morgan fingerprint density at radius 2 is 1.13 bits per heavy atom. The van der Waals surface area contributed by atoms with Crippen molar-refractivity contribution in [1.29, 1.82) is 0 Å². The van der Waals surface area contributed by atoms with Crippen LogP contribution in [0.25, 0.3) is 0 Å². The summed E-state index contributed by atoms with van der Waals surface area (Å²) >= 11 is 0. The lowest BCUT2D eigenvalue weighted by atomic mass is 9.80. The molecule has 2 fully saturated rings. The van der Waals surface area contributed by atoms with Gasteiger partial charge in [-0.15, -0.1) is 0 Å². The number of piperidine rings is 2. The van der Waals surface area contributed by atoms with Gasteiger partial charge >= 0.3 is 7.75 Å². The molecule has 0 bridgehead atoms. The summed E-state index contributed by atoms with van der Waals surface area (Å²) in [6, 6.07) is 0. The third-order valence-electron chi connectivity index (χ3n) is 6.61. The summed E-state index contributed by atoms with van der Waals surface area (Å²) in [5.74, 6) is 0. The summed E-state index contributed by atoms with van der Waals surface area (Å²) in [6.45, 7) is 18.3. The van der Waals surface area contributed by atoms with E-state index < -0.39 is 29.9 Å². The first kappa shape index (κ1) is 27.2. The van der Waals surface area contributed by atoms with Crippen LogP contribution in [0.5, 0.6) is 0 Å². The molecule has 3 N–H and O–H groups in total. The molecule has 0 saturated carbocycles. The van der Waals surface area contributed by atoms with Crippen LogP contribution in [0.2, 0.25) is 0 Å². The van der Waals surface area contributed by atoms with Gasteiger partial charge in [0.05, 0.1) is 12.2 Å². The lowest BCUT2D eigenvalue weighted by Crippen LogP contribution is -2.61. The standard InChI is InChI=1S/C22H46N3O5P/c1-10-11-12-23-31(28,29-17-13-19(2,3)24(26)20(4,5)14-17)30-18-15-21(6,7)25(27)22(8,9)16-18/h17-18,26-27H,10-16H2,1-9H3,(H,23,28). The molecule has 2 heterocycles. The number of nitrogens with one attached hydrogen (secondary N) is 1. The summed E-state index contributed by atoms with van der Waals surface area (Å²) in [7, 11) is -3.60. The molecule has 2 aliphatic heterocycles. The van der Waals surface area contributed by atoms with E-state index >= 15 is 0 Å². The van der Waals surface area contributed by atoms with Crippen molar-refractivity contribution in [2.24, 2.45) is 0 Å². The monoisotopic (exact) mass is 463 g/mol. The second-order valence-electron chi connectivity index (χ2n) is 11.9. The molecule has 2 saturated heterocycles. The Morgan fingerprint density at radius 3 is 1.42 bits per heavy atom. The van der Waals surface area contributed by atoms with Gasteiger partial charge in [-0.3, -0.25) is 9.05 Å². The fourth-order valence-electron chi connectivity index (χ4n) is 5.39. The van der Waals surface area contributed by atoms with E-state index in [9.17, 15) is 15.0 Å². The molecule has 0 aromatic heterocycles. The fourth-order valence-corrected chi connectivity index (χ4v) is 7.11. The molecule has 0 aromatic carbocycles. The van der Waals surface area contributed by atoms with E-state index in [-0.39, 0.29) is 12.2 Å². The smallest absolute Gasteiger partial charge is 0.313 e. The van der Waals surface area contributed by atoms with E-state index in [4.69, 9.17) is 9.05 Å². The van der Waals surface area contributed by atoms with Crippen LogP contribution >= 0.6 is 7.75 Å². The van der Waals surface area contributed by atoms with Crippen molar-refractivity contribution in [3.05, 3.63) is 0 Å². The Morgan fingerprint density at radius 1 is 0.806 bits per heavy atom. The van der Waals surface area contributed by atoms with Gasteiger partial charge in [-0.1, -0.05) is 13.3 Å². The first-order chi connectivity index (χ1) is 13.9. The number of rotatable bonds is 8. The normalized spacial score (nSPS) is 27.5. The van der Waals surface area contributed by atoms with Crippen molar-refractivity contribution >= 4 is 7.75 Å². The predicted octanol–water partition coefficient (Wildman–Crippen LogP) is 5.34. The summed E-state index contributed by atoms with van der Waals surface area (Å²) in [6.07, 6.45) is 3.39. The average Bonchev–Trinajstić information content (AvgIpc) is 2.56. The minimum atomic E-state index is -3.60. The van der Waals surface area contributed by atoms with E-state index in [0.717, 1.165) is 12.8 Å². The third kappa shape index (κ3) is 6.51. The van der Waals surface area contributed by atoms with Gasteiger partial charge in [0, 0.05) is 28.7 Å². The number of hydrogen-bond donors (Lipinski definition) is 3. The predicted molar refractivity (Wildman–Crippen MR) is 122 cm³/mol. The summed E-state index contributed by atoms with van der Waals surface area (Å²) in [5.41, 5.74) is -2.03. The van der Waals surface area contributed by atoms with Crippen molar-refractivity contribution < 1.29 is 24.0 Å². The third-order valence-corrected chi connectivity index (χ3v) is 8.38. The van der Waals surface area contributed by atoms with Crippen LogP contribution in [0.1, 0.15) is 101 Å². The van der Waals surface area contributed by atoms with Gasteiger partial charge in [-0.05, 0) is 87.5 Å². The molecule has 0 unspecified atom stereocenters. The maximum atomic E-state index is 13.9. The maximum absolute atomic E-state index is 13.9. The van der Waals surface area contributed by atoms with E-state index in [0.29, 0.717) is 32.2 Å². The summed E-state index contributed by atoms with van der Waals surface area (Å²) < 4.78 is 26.4. The first-order valence-corrected chi connectivity index (χ1v) is 13.2. The number of hydrogen-bond acceptors (Lipinski definition) is 7. The van der Waals surface area contributed by atoms with Crippen molar-refractivity contribution in [3.8, 4) is 0 Å². The molecule has 8 nitrogen and oxygen atoms in total.